The van der Waals surface area contributed by atoms with Crippen LogP contribution in [0.1, 0.15) is 25.3 Å². The van der Waals surface area contributed by atoms with Gasteiger partial charge in [-0.2, -0.15) is 28.2 Å². The Hall–Kier alpha value is -2.96. The van der Waals surface area contributed by atoms with Crippen LogP contribution in [0.4, 0.5) is 24.9 Å². The normalized spacial score (nSPS) is 27.7. The summed E-state index contributed by atoms with van der Waals surface area (Å²) >= 11 is 0. The van der Waals surface area contributed by atoms with Crippen molar-refractivity contribution >= 4 is 22.8 Å². The number of aliphatic hydroxyl groups is 3. The van der Waals surface area contributed by atoms with Crippen LogP contribution in [0.3, 0.4) is 0 Å². The second-order valence-corrected chi connectivity index (χ2v) is 9.00. The molecule has 0 radical (unpaired) electrons. The number of fused-ring (bicyclic) bond motifs is 1. The number of rotatable bonds is 4. The Morgan fingerprint density at radius 2 is 1.82 bits per heavy atom. The molecule has 3 aromatic rings. The standard InChI is InChI=1S/C21H23F3N6O3/c1-20(33)6-12(7-20)26-19-27-17(29-9-15(31)16(32)10-29)14-8-25-30(18(14)28-19)13-4-2-3-11(5-13)21(22,23)24/h2-5,8,12,15-16,31-33H,6-7,9-10H2,1H3,(H,26,27,28)/t12?,15-,16-,20?/m1/s1. The van der Waals surface area contributed by atoms with Gasteiger partial charge >= 0.3 is 6.18 Å². The number of anilines is 2. The number of aromatic nitrogens is 4. The van der Waals surface area contributed by atoms with Crippen molar-refractivity contribution in [1.82, 2.24) is 19.7 Å². The molecule has 4 N–H and O–H groups in total. The summed E-state index contributed by atoms with van der Waals surface area (Å²) in [6, 6.07) is 4.72. The van der Waals surface area contributed by atoms with Crippen LogP contribution < -0.4 is 10.2 Å². The Bertz CT molecular complexity index is 1180. The minimum atomic E-state index is -4.51. The highest BCUT2D eigenvalue weighted by molar-refractivity contribution is 5.89. The topological polar surface area (TPSA) is 120 Å². The minimum Gasteiger partial charge on any atom is -0.390 e. The zero-order chi connectivity index (χ0) is 23.5. The maximum absolute atomic E-state index is 13.2. The van der Waals surface area contributed by atoms with Gasteiger partial charge in [-0.1, -0.05) is 6.07 Å². The molecular weight excluding hydrogens is 441 g/mol. The van der Waals surface area contributed by atoms with Crippen LogP contribution in [-0.2, 0) is 6.18 Å². The average Bonchev–Trinajstić information content (AvgIpc) is 3.29. The summed E-state index contributed by atoms with van der Waals surface area (Å²) in [4.78, 5) is 10.8. The number of alkyl halides is 3. The lowest BCUT2D eigenvalue weighted by Gasteiger charge is -2.41. The SMILES string of the molecule is CC1(O)CC(Nc2nc(N3C[C@@H](O)[C@H](O)C3)c3cnn(-c4cccc(C(F)(F)F)c4)c3n2)C1. The fourth-order valence-corrected chi connectivity index (χ4v) is 4.43. The lowest BCUT2D eigenvalue weighted by atomic mass is 9.77. The van der Waals surface area contributed by atoms with Crippen LogP contribution >= 0.6 is 0 Å². The minimum absolute atomic E-state index is 0.0648. The molecule has 33 heavy (non-hydrogen) atoms. The molecule has 3 heterocycles. The maximum Gasteiger partial charge on any atom is 0.416 e. The van der Waals surface area contributed by atoms with Crippen molar-refractivity contribution in [3.8, 4) is 5.69 Å². The summed E-state index contributed by atoms with van der Waals surface area (Å²) in [6.45, 7) is 2.01. The second-order valence-electron chi connectivity index (χ2n) is 9.00. The van der Waals surface area contributed by atoms with Crippen LogP contribution in [0.5, 0.6) is 0 Å². The van der Waals surface area contributed by atoms with Crippen molar-refractivity contribution in [1.29, 1.82) is 0 Å². The molecule has 2 aromatic heterocycles. The van der Waals surface area contributed by atoms with Crippen molar-refractivity contribution in [2.24, 2.45) is 0 Å². The molecule has 12 heteroatoms. The third-order valence-electron chi connectivity index (χ3n) is 6.09. The van der Waals surface area contributed by atoms with E-state index in [0.29, 0.717) is 24.0 Å². The molecule has 1 aromatic carbocycles. The molecule has 2 fully saturated rings. The van der Waals surface area contributed by atoms with Crippen LogP contribution in [0.15, 0.2) is 30.5 Å². The molecule has 1 saturated carbocycles. The number of halogens is 3. The van der Waals surface area contributed by atoms with E-state index < -0.39 is 29.5 Å². The van der Waals surface area contributed by atoms with Gasteiger partial charge in [-0.05, 0) is 38.0 Å². The van der Waals surface area contributed by atoms with Gasteiger partial charge in [-0.3, -0.25) is 0 Å². The van der Waals surface area contributed by atoms with E-state index >= 15 is 0 Å². The largest absolute Gasteiger partial charge is 0.416 e. The number of hydrogen-bond donors (Lipinski definition) is 4. The highest BCUT2D eigenvalue weighted by Crippen LogP contribution is 2.35. The first-order valence-electron chi connectivity index (χ1n) is 10.5. The molecule has 0 amide bonds. The average molecular weight is 464 g/mol. The van der Waals surface area contributed by atoms with Crippen molar-refractivity contribution in [2.45, 2.75) is 49.8 Å². The lowest BCUT2D eigenvalue weighted by molar-refractivity contribution is -0.137. The molecule has 0 spiro atoms. The zero-order valence-electron chi connectivity index (χ0n) is 17.7. The van der Waals surface area contributed by atoms with E-state index in [2.05, 4.69) is 20.4 Å². The summed E-state index contributed by atoms with van der Waals surface area (Å²) < 4.78 is 41.0. The summed E-state index contributed by atoms with van der Waals surface area (Å²) in [5.74, 6) is 0.630. The van der Waals surface area contributed by atoms with Gasteiger partial charge in [-0.15, -0.1) is 0 Å². The van der Waals surface area contributed by atoms with Gasteiger partial charge < -0.3 is 25.5 Å². The molecular formula is C21H23F3N6O3. The van der Waals surface area contributed by atoms with Gasteiger partial charge in [0.15, 0.2) is 5.65 Å². The fourth-order valence-electron chi connectivity index (χ4n) is 4.43. The molecule has 1 aliphatic heterocycles. The predicted molar refractivity (Wildman–Crippen MR) is 113 cm³/mol. The molecule has 2 atom stereocenters. The molecule has 176 valence electrons. The Morgan fingerprint density at radius 1 is 1.12 bits per heavy atom. The monoisotopic (exact) mass is 464 g/mol. The van der Waals surface area contributed by atoms with Crippen molar-refractivity contribution in [3.05, 3.63) is 36.0 Å². The highest BCUT2D eigenvalue weighted by atomic mass is 19.4. The summed E-state index contributed by atoms with van der Waals surface area (Å²) in [5, 5.41) is 37.9. The Labute approximate surface area is 186 Å². The zero-order valence-corrected chi connectivity index (χ0v) is 17.7. The lowest BCUT2D eigenvalue weighted by Crippen LogP contribution is -2.48. The quantitative estimate of drug-likeness (QED) is 0.461. The summed E-state index contributed by atoms with van der Waals surface area (Å²) in [7, 11) is 0. The van der Waals surface area contributed by atoms with Crippen LogP contribution in [0.25, 0.3) is 16.7 Å². The summed E-state index contributed by atoms with van der Waals surface area (Å²) in [6.07, 6.45) is -3.96. The predicted octanol–water partition coefficient (Wildman–Crippen LogP) is 1.70. The Balaban J connectivity index is 1.59. The van der Waals surface area contributed by atoms with E-state index in [9.17, 15) is 28.5 Å². The van der Waals surface area contributed by atoms with Crippen molar-refractivity contribution in [3.63, 3.8) is 0 Å². The van der Waals surface area contributed by atoms with Gasteiger partial charge in [0.1, 0.15) is 5.82 Å². The van der Waals surface area contributed by atoms with Gasteiger partial charge in [-0.25, -0.2) is 4.68 Å². The first-order chi connectivity index (χ1) is 15.5. The second kappa shape index (κ2) is 7.54. The maximum atomic E-state index is 13.2. The highest BCUT2D eigenvalue weighted by Gasteiger charge is 2.39. The number of hydrogen-bond acceptors (Lipinski definition) is 8. The summed E-state index contributed by atoms with van der Waals surface area (Å²) in [5.41, 5.74) is -1.11. The number of aliphatic hydroxyl groups excluding tert-OH is 2. The smallest absolute Gasteiger partial charge is 0.390 e. The van der Waals surface area contributed by atoms with Crippen molar-refractivity contribution in [2.75, 3.05) is 23.3 Å². The molecule has 0 bridgehead atoms. The van der Waals surface area contributed by atoms with E-state index in [1.807, 2.05) is 0 Å². The van der Waals surface area contributed by atoms with E-state index in [4.69, 9.17) is 0 Å². The Kier molecular flexibility index (Phi) is 4.99. The van der Waals surface area contributed by atoms with Gasteiger partial charge in [0.25, 0.3) is 0 Å². The number of benzene rings is 1. The Morgan fingerprint density at radius 3 is 2.45 bits per heavy atom. The molecule has 9 nitrogen and oxygen atoms in total. The molecule has 1 aliphatic carbocycles. The number of nitrogens with one attached hydrogen (secondary N) is 1. The number of β-amino-alcohol motifs (C(OH)–C–C–N with tert-alkyl or cyclic N) is 2. The third-order valence-corrected chi connectivity index (χ3v) is 6.09. The van der Waals surface area contributed by atoms with Gasteiger partial charge in [0.05, 0.1) is 40.6 Å². The molecule has 5 rings (SSSR count). The van der Waals surface area contributed by atoms with Crippen molar-refractivity contribution < 1.29 is 28.5 Å². The van der Waals surface area contributed by atoms with E-state index in [-0.39, 0.29) is 36.4 Å². The molecule has 1 saturated heterocycles. The van der Waals surface area contributed by atoms with Crippen LogP contribution in [0.2, 0.25) is 0 Å². The van der Waals surface area contributed by atoms with Crippen LogP contribution in [0, 0.1) is 0 Å². The van der Waals surface area contributed by atoms with Gasteiger partial charge in [0, 0.05) is 19.1 Å². The van der Waals surface area contributed by atoms with E-state index in [1.54, 1.807) is 11.8 Å². The van der Waals surface area contributed by atoms with E-state index in [0.717, 1.165) is 12.1 Å². The fraction of sp³-hybridized carbons (Fsp3) is 0.476. The molecule has 0 unspecified atom stereocenters. The molecule has 2 aliphatic rings. The first-order valence-corrected chi connectivity index (χ1v) is 10.5. The third kappa shape index (κ3) is 4.09. The first kappa shape index (κ1) is 21.9. The van der Waals surface area contributed by atoms with E-state index in [1.165, 1.54) is 23.0 Å². The van der Waals surface area contributed by atoms with Gasteiger partial charge in [0.2, 0.25) is 5.95 Å². The van der Waals surface area contributed by atoms with Crippen LogP contribution in [-0.4, -0.2) is 72.0 Å². The number of nitrogens with zero attached hydrogens (tertiary/aromatic N) is 5.